The number of aromatic nitrogens is 2. The summed E-state index contributed by atoms with van der Waals surface area (Å²) in [5.41, 5.74) is 0.429. The Hall–Kier alpha value is -3.10. The first-order valence-electron chi connectivity index (χ1n) is 8.94. The van der Waals surface area contributed by atoms with Crippen LogP contribution < -0.4 is 10.6 Å². The predicted octanol–water partition coefficient (Wildman–Crippen LogP) is 2.66. The average molecular weight is 373 g/mol. The maximum atomic E-state index is 12.2. The van der Waals surface area contributed by atoms with Crippen LogP contribution in [-0.4, -0.2) is 52.8 Å². The lowest BCUT2D eigenvalue weighted by molar-refractivity contribution is 0.0982. The van der Waals surface area contributed by atoms with Gasteiger partial charge < -0.3 is 24.8 Å². The van der Waals surface area contributed by atoms with Crippen LogP contribution >= 0.6 is 0 Å². The zero-order chi connectivity index (χ0) is 19.2. The zero-order valence-corrected chi connectivity index (χ0v) is 15.4. The second-order valence-corrected chi connectivity index (χ2v) is 6.31. The Morgan fingerprint density at radius 3 is 2.67 bits per heavy atom. The third-order valence-corrected chi connectivity index (χ3v) is 4.27. The fourth-order valence-corrected chi connectivity index (χ4v) is 2.86. The van der Waals surface area contributed by atoms with Crippen molar-refractivity contribution in [3.63, 3.8) is 0 Å². The van der Waals surface area contributed by atoms with Crippen molar-refractivity contribution in [3.8, 4) is 0 Å². The van der Waals surface area contributed by atoms with Gasteiger partial charge in [0.2, 0.25) is 0 Å². The van der Waals surface area contributed by atoms with Crippen LogP contribution in [0.25, 0.3) is 0 Å². The van der Waals surface area contributed by atoms with E-state index in [1.54, 1.807) is 36.9 Å². The largest absolute Gasteiger partial charge is 0.450 e. The molecule has 0 saturated carbocycles. The Kier molecular flexibility index (Phi) is 5.90. The summed E-state index contributed by atoms with van der Waals surface area (Å²) in [5.74, 6) is 1.38. The number of ether oxygens (including phenoxy) is 1. The monoisotopic (exact) mass is 373 g/mol. The van der Waals surface area contributed by atoms with Gasteiger partial charge in [-0.15, -0.1) is 0 Å². The molecule has 9 nitrogen and oxygen atoms in total. The van der Waals surface area contributed by atoms with Crippen LogP contribution in [0.15, 0.2) is 28.9 Å². The summed E-state index contributed by atoms with van der Waals surface area (Å²) in [7, 11) is 0. The number of hydrogen-bond donors (Lipinski definition) is 2. The number of pyridine rings is 1. The molecule has 0 spiro atoms. The number of nitrogens with zero attached hydrogens (tertiary/aromatic N) is 3. The molecule has 144 valence electrons. The van der Waals surface area contributed by atoms with Crippen molar-refractivity contribution in [2.24, 2.45) is 0 Å². The molecule has 9 heteroatoms. The van der Waals surface area contributed by atoms with Gasteiger partial charge in [0, 0.05) is 31.4 Å². The first-order chi connectivity index (χ1) is 13.0. The zero-order valence-electron chi connectivity index (χ0n) is 15.4. The molecular weight excluding hydrogens is 350 g/mol. The second-order valence-electron chi connectivity index (χ2n) is 6.31. The highest BCUT2D eigenvalue weighted by Gasteiger charge is 2.23. The van der Waals surface area contributed by atoms with Crippen LogP contribution in [-0.2, 0) is 4.74 Å². The van der Waals surface area contributed by atoms with Gasteiger partial charge in [0.1, 0.15) is 11.6 Å². The maximum Gasteiger partial charge on any atom is 0.409 e. The van der Waals surface area contributed by atoms with Crippen molar-refractivity contribution in [2.45, 2.75) is 32.7 Å². The van der Waals surface area contributed by atoms with Gasteiger partial charge >= 0.3 is 6.09 Å². The predicted molar refractivity (Wildman–Crippen MR) is 98.7 cm³/mol. The molecule has 2 N–H and O–H groups in total. The van der Waals surface area contributed by atoms with Gasteiger partial charge in [0.25, 0.3) is 5.91 Å². The van der Waals surface area contributed by atoms with Crippen LogP contribution in [0.2, 0.25) is 0 Å². The summed E-state index contributed by atoms with van der Waals surface area (Å²) in [6.45, 7) is 5.23. The normalized spacial score (nSPS) is 14.7. The van der Waals surface area contributed by atoms with Gasteiger partial charge in [-0.2, -0.15) is 0 Å². The van der Waals surface area contributed by atoms with Crippen molar-refractivity contribution in [3.05, 3.63) is 35.7 Å². The molecule has 0 aromatic carbocycles. The molecule has 3 heterocycles. The van der Waals surface area contributed by atoms with Crippen molar-refractivity contribution in [1.82, 2.24) is 15.0 Å². The summed E-state index contributed by atoms with van der Waals surface area (Å²) in [6.07, 6.45) is 2.88. The van der Waals surface area contributed by atoms with E-state index in [4.69, 9.17) is 9.26 Å². The molecule has 0 radical (unpaired) electrons. The van der Waals surface area contributed by atoms with Gasteiger partial charge in [-0.1, -0.05) is 5.16 Å². The molecule has 27 heavy (non-hydrogen) atoms. The molecule has 2 aromatic rings. The molecule has 1 aliphatic rings. The molecule has 1 aliphatic heterocycles. The second kappa shape index (κ2) is 8.52. The Balaban J connectivity index is 1.49. The van der Waals surface area contributed by atoms with Gasteiger partial charge in [-0.25, -0.2) is 9.78 Å². The topological polar surface area (TPSA) is 110 Å². The van der Waals surface area contributed by atoms with E-state index >= 15 is 0 Å². The van der Waals surface area contributed by atoms with E-state index in [9.17, 15) is 9.59 Å². The smallest absolute Gasteiger partial charge is 0.409 e. The number of piperidine rings is 1. The molecule has 0 aliphatic carbocycles. The van der Waals surface area contributed by atoms with Crippen LogP contribution in [0.3, 0.4) is 0 Å². The van der Waals surface area contributed by atoms with E-state index in [0.29, 0.717) is 42.7 Å². The summed E-state index contributed by atoms with van der Waals surface area (Å²) >= 11 is 0. The summed E-state index contributed by atoms with van der Waals surface area (Å²) in [6, 6.07) is 5.33. The van der Waals surface area contributed by atoms with Gasteiger partial charge in [0.15, 0.2) is 5.82 Å². The lowest BCUT2D eigenvalue weighted by atomic mass is 10.1. The Morgan fingerprint density at radius 1 is 1.30 bits per heavy atom. The minimum atomic E-state index is -0.301. The molecule has 2 amide bonds. The quantitative estimate of drug-likeness (QED) is 0.829. The SMILES string of the molecule is CCOC(=O)N1CCC(Nc2ccc(C(=O)Nc3cc(C)on3)cn2)CC1. The number of amides is 2. The summed E-state index contributed by atoms with van der Waals surface area (Å²) in [5, 5.41) is 9.72. The highest BCUT2D eigenvalue weighted by Crippen LogP contribution is 2.17. The Morgan fingerprint density at radius 2 is 2.07 bits per heavy atom. The van der Waals surface area contributed by atoms with E-state index in [0.717, 1.165) is 12.8 Å². The fraction of sp³-hybridized carbons (Fsp3) is 0.444. The lowest BCUT2D eigenvalue weighted by Gasteiger charge is -2.31. The highest BCUT2D eigenvalue weighted by atomic mass is 16.6. The lowest BCUT2D eigenvalue weighted by Crippen LogP contribution is -2.42. The number of likely N-dealkylation sites (tertiary alicyclic amines) is 1. The average Bonchev–Trinajstić information content (AvgIpc) is 3.08. The molecule has 0 atom stereocenters. The molecule has 0 unspecified atom stereocenters. The number of anilines is 2. The number of hydrogen-bond acceptors (Lipinski definition) is 7. The number of carbonyl (C=O) groups is 2. The van der Waals surface area contributed by atoms with E-state index < -0.39 is 0 Å². The summed E-state index contributed by atoms with van der Waals surface area (Å²) < 4.78 is 9.94. The molecular formula is C18H23N5O4. The van der Waals surface area contributed by atoms with Gasteiger partial charge in [-0.3, -0.25) is 4.79 Å². The van der Waals surface area contributed by atoms with Crippen LogP contribution in [0.5, 0.6) is 0 Å². The number of nitrogens with one attached hydrogen (secondary N) is 2. The Bertz CT molecular complexity index is 781. The Labute approximate surface area is 157 Å². The standard InChI is InChI=1S/C18H23N5O4/c1-3-26-18(25)23-8-6-14(7-9-23)20-15-5-4-13(11-19-15)17(24)21-16-10-12(2)27-22-16/h4-5,10-11,14H,3,6-9H2,1-2H3,(H,19,20)(H,21,22,24). The van der Waals surface area contributed by atoms with Crippen LogP contribution in [0.4, 0.5) is 16.4 Å². The molecule has 2 aromatic heterocycles. The minimum absolute atomic E-state index is 0.223. The third-order valence-electron chi connectivity index (χ3n) is 4.27. The van der Waals surface area contributed by atoms with Crippen LogP contribution in [0, 0.1) is 6.92 Å². The first-order valence-corrected chi connectivity index (χ1v) is 8.94. The van der Waals surface area contributed by atoms with Crippen molar-refractivity contribution >= 4 is 23.6 Å². The fourth-order valence-electron chi connectivity index (χ4n) is 2.86. The van der Waals surface area contributed by atoms with Gasteiger partial charge in [-0.05, 0) is 38.8 Å². The number of carbonyl (C=O) groups excluding carboxylic acids is 2. The van der Waals surface area contributed by atoms with E-state index in [2.05, 4.69) is 20.8 Å². The molecule has 1 saturated heterocycles. The number of aryl methyl sites for hydroxylation is 1. The van der Waals surface area contributed by atoms with Gasteiger partial charge in [0.05, 0.1) is 12.2 Å². The van der Waals surface area contributed by atoms with E-state index in [1.165, 1.54) is 6.20 Å². The van der Waals surface area contributed by atoms with E-state index in [1.807, 2.05) is 0 Å². The highest BCUT2D eigenvalue weighted by molar-refractivity contribution is 6.03. The van der Waals surface area contributed by atoms with E-state index in [-0.39, 0.29) is 18.0 Å². The first kappa shape index (κ1) is 18.7. The third kappa shape index (κ3) is 4.96. The summed E-state index contributed by atoms with van der Waals surface area (Å²) in [4.78, 5) is 29.9. The molecule has 3 rings (SSSR count). The molecule has 1 fully saturated rings. The maximum absolute atomic E-state index is 12.2. The van der Waals surface area contributed by atoms with Crippen molar-refractivity contribution < 1.29 is 18.8 Å². The molecule has 0 bridgehead atoms. The van der Waals surface area contributed by atoms with Crippen molar-refractivity contribution in [2.75, 3.05) is 30.3 Å². The van der Waals surface area contributed by atoms with Crippen LogP contribution in [0.1, 0.15) is 35.9 Å². The number of rotatable bonds is 5. The van der Waals surface area contributed by atoms with Crippen molar-refractivity contribution in [1.29, 1.82) is 0 Å². The minimum Gasteiger partial charge on any atom is -0.450 e.